The minimum Gasteiger partial charge on any atom is -0.317 e. The molecule has 1 fully saturated rings. The molecule has 0 atom stereocenters. The molecule has 84 valence electrons. The van der Waals surface area contributed by atoms with Crippen LogP contribution in [0.4, 0.5) is 0 Å². The zero-order chi connectivity index (χ0) is 11.4. The molecule has 0 spiro atoms. The van der Waals surface area contributed by atoms with E-state index in [2.05, 4.69) is 11.4 Å². The minimum absolute atomic E-state index is 0.663. The molecule has 3 heteroatoms. The number of nitrogens with zero attached hydrogens (tertiary/aromatic N) is 1. The summed E-state index contributed by atoms with van der Waals surface area (Å²) in [5, 5.41) is 12.9. The highest BCUT2D eigenvalue weighted by atomic mass is 35.5. The maximum absolute atomic E-state index is 8.87. The van der Waals surface area contributed by atoms with E-state index in [1.54, 1.807) is 6.07 Å². The lowest BCUT2D eigenvalue weighted by atomic mass is 9.90. The summed E-state index contributed by atoms with van der Waals surface area (Å²) in [4.78, 5) is 0. The molecule has 0 radical (unpaired) electrons. The maximum atomic E-state index is 8.87. The first kappa shape index (κ1) is 11.4. The zero-order valence-corrected chi connectivity index (χ0v) is 9.93. The lowest BCUT2D eigenvalue weighted by Crippen LogP contribution is -2.28. The van der Waals surface area contributed by atoms with Gasteiger partial charge < -0.3 is 5.32 Å². The average Bonchev–Trinajstić information content (AvgIpc) is 2.29. The quantitative estimate of drug-likeness (QED) is 0.854. The van der Waals surface area contributed by atoms with E-state index in [-0.39, 0.29) is 0 Å². The Hall–Kier alpha value is -1.04. The highest BCUT2D eigenvalue weighted by Gasteiger charge is 2.13. The molecule has 1 aliphatic heterocycles. The fourth-order valence-electron chi connectivity index (χ4n) is 2.25. The minimum atomic E-state index is 0.663. The van der Waals surface area contributed by atoms with Gasteiger partial charge in [-0.2, -0.15) is 5.26 Å². The van der Waals surface area contributed by atoms with Crippen LogP contribution in [-0.4, -0.2) is 13.1 Å². The van der Waals surface area contributed by atoms with Gasteiger partial charge in [0, 0.05) is 5.02 Å². The molecule has 0 aliphatic carbocycles. The smallest absolute Gasteiger partial charge is 0.0992 e. The van der Waals surface area contributed by atoms with Crippen molar-refractivity contribution in [2.45, 2.75) is 19.3 Å². The van der Waals surface area contributed by atoms with Crippen molar-refractivity contribution in [1.29, 1.82) is 5.26 Å². The van der Waals surface area contributed by atoms with Crippen LogP contribution < -0.4 is 5.32 Å². The first-order valence-corrected chi connectivity index (χ1v) is 6.06. The molecular weight excluding hydrogens is 220 g/mol. The second-order valence-electron chi connectivity index (χ2n) is 4.36. The Balaban J connectivity index is 2.08. The van der Waals surface area contributed by atoms with Gasteiger partial charge in [-0.25, -0.2) is 0 Å². The standard InChI is InChI=1S/C13H15ClN2/c14-13-7-11(6-12(8-13)9-15)5-10-1-3-16-4-2-10/h6-8,10,16H,1-5H2. The number of piperidine rings is 1. The van der Waals surface area contributed by atoms with Crippen molar-refractivity contribution in [3.05, 3.63) is 34.3 Å². The van der Waals surface area contributed by atoms with Crippen LogP contribution in [0.1, 0.15) is 24.0 Å². The molecule has 0 saturated carbocycles. The van der Waals surface area contributed by atoms with Crippen LogP contribution in [0.3, 0.4) is 0 Å². The summed E-state index contributed by atoms with van der Waals surface area (Å²) in [5.74, 6) is 0.728. The zero-order valence-electron chi connectivity index (χ0n) is 9.17. The van der Waals surface area contributed by atoms with Gasteiger partial charge in [0.2, 0.25) is 0 Å². The molecule has 1 heterocycles. The van der Waals surface area contributed by atoms with Crippen molar-refractivity contribution in [2.24, 2.45) is 5.92 Å². The third-order valence-electron chi connectivity index (χ3n) is 3.07. The van der Waals surface area contributed by atoms with E-state index in [1.165, 1.54) is 18.4 Å². The topological polar surface area (TPSA) is 35.8 Å². The largest absolute Gasteiger partial charge is 0.317 e. The van der Waals surface area contributed by atoms with E-state index >= 15 is 0 Å². The summed E-state index contributed by atoms with van der Waals surface area (Å²) in [6.45, 7) is 2.21. The first-order chi connectivity index (χ1) is 7.78. The van der Waals surface area contributed by atoms with Crippen LogP contribution in [0, 0.1) is 17.2 Å². The molecule has 0 bridgehead atoms. The predicted molar refractivity (Wildman–Crippen MR) is 65.5 cm³/mol. The second kappa shape index (κ2) is 5.34. The summed E-state index contributed by atoms with van der Waals surface area (Å²) >= 11 is 5.98. The van der Waals surface area contributed by atoms with Crippen molar-refractivity contribution in [1.82, 2.24) is 5.32 Å². The third kappa shape index (κ3) is 2.98. The van der Waals surface area contributed by atoms with E-state index in [4.69, 9.17) is 16.9 Å². The predicted octanol–water partition coefficient (Wildman–Crippen LogP) is 2.75. The van der Waals surface area contributed by atoms with E-state index in [0.29, 0.717) is 10.6 Å². The Bertz CT molecular complexity index is 403. The first-order valence-electron chi connectivity index (χ1n) is 5.68. The van der Waals surface area contributed by atoms with E-state index in [9.17, 15) is 0 Å². The second-order valence-corrected chi connectivity index (χ2v) is 4.79. The molecule has 0 unspecified atom stereocenters. The fourth-order valence-corrected chi connectivity index (χ4v) is 2.51. The van der Waals surface area contributed by atoms with Gasteiger partial charge in [0.05, 0.1) is 11.6 Å². The van der Waals surface area contributed by atoms with Crippen LogP contribution in [0.5, 0.6) is 0 Å². The molecule has 0 amide bonds. The van der Waals surface area contributed by atoms with Crippen LogP contribution in [-0.2, 0) is 6.42 Å². The molecule has 1 aliphatic rings. The van der Waals surface area contributed by atoms with Crippen LogP contribution in [0.25, 0.3) is 0 Å². The van der Waals surface area contributed by atoms with E-state index in [0.717, 1.165) is 25.4 Å². The highest BCUT2D eigenvalue weighted by Crippen LogP contribution is 2.21. The van der Waals surface area contributed by atoms with Crippen LogP contribution in [0.15, 0.2) is 18.2 Å². The van der Waals surface area contributed by atoms with Crippen LogP contribution in [0.2, 0.25) is 5.02 Å². The van der Waals surface area contributed by atoms with Gasteiger partial charge in [-0.1, -0.05) is 11.6 Å². The molecular formula is C13H15ClN2. The van der Waals surface area contributed by atoms with Gasteiger partial charge in [-0.3, -0.25) is 0 Å². The molecule has 16 heavy (non-hydrogen) atoms. The highest BCUT2D eigenvalue weighted by molar-refractivity contribution is 6.30. The normalized spacial score (nSPS) is 17.0. The molecule has 1 saturated heterocycles. The van der Waals surface area contributed by atoms with Gasteiger partial charge in [-0.15, -0.1) is 0 Å². The number of hydrogen-bond donors (Lipinski definition) is 1. The van der Waals surface area contributed by atoms with Gasteiger partial charge in [0.15, 0.2) is 0 Å². The van der Waals surface area contributed by atoms with Gasteiger partial charge in [0.1, 0.15) is 0 Å². The molecule has 2 rings (SSSR count). The van der Waals surface area contributed by atoms with Crippen molar-refractivity contribution in [3.8, 4) is 6.07 Å². The Morgan fingerprint density at radius 1 is 1.31 bits per heavy atom. The number of nitrogens with one attached hydrogen (secondary N) is 1. The summed E-state index contributed by atoms with van der Waals surface area (Å²) < 4.78 is 0. The summed E-state index contributed by atoms with van der Waals surface area (Å²) in [5.41, 5.74) is 1.85. The van der Waals surface area contributed by atoms with Gasteiger partial charge in [0.25, 0.3) is 0 Å². The van der Waals surface area contributed by atoms with Crippen LogP contribution >= 0.6 is 11.6 Å². The average molecular weight is 235 g/mol. The lowest BCUT2D eigenvalue weighted by molar-refractivity contribution is 0.372. The van der Waals surface area contributed by atoms with Crippen molar-refractivity contribution >= 4 is 11.6 Å². The third-order valence-corrected chi connectivity index (χ3v) is 3.29. The monoisotopic (exact) mass is 234 g/mol. The molecule has 1 N–H and O–H groups in total. The Morgan fingerprint density at radius 3 is 2.75 bits per heavy atom. The lowest BCUT2D eigenvalue weighted by Gasteiger charge is -2.22. The van der Waals surface area contributed by atoms with Gasteiger partial charge >= 0.3 is 0 Å². The van der Waals surface area contributed by atoms with E-state index in [1.807, 2.05) is 12.1 Å². The molecule has 1 aromatic carbocycles. The maximum Gasteiger partial charge on any atom is 0.0992 e. The Morgan fingerprint density at radius 2 is 2.06 bits per heavy atom. The Labute approximate surface area is 101 Å². The summed E-state index contributed by atoms with van der Waals surface area (Å²) in [7, 11) is 0. The summed E-state index contributed by atoms with van der Waals surface area (Å²) in [6, 6.07) is 7.79. The van der Waals surface area contributed by atoms with Crippen molar-refractivity contribution in [3.63, 3.8) is 0 Å². The molecule has 1 aromatic rings. The SMILES string of the molecule is N#Cc1cc(Cl)cc(CC2CCNCC2)c1. The van der Waals surface area contributed by atoms with Crippen molar-refractivity contribution < 1.29 is 0 Å². The molecule has 2 nitrogen and oxygen atoms in total. The number of nitriles is 1. The number of benzene rings is 1. The number of rotatable bonds is 2. The number of halogens is 1. The number of hydrogen-bond acceptors (Lipinski definition) is 2. The van der Waals surface area contributed by atoms with Gasteiger partial charge in [-0.05, 0) is 62.0 Å². The Kier molecular flexibility index (Phi) is 3.82. The fraction of sp³-hybridized carbons (Fsp3) is 0.462. The summed E-state index contributed by atoms with van der Waals surface area (Å²) in [6.07, 6.45) is 3.47. The molecule has 0 aromatic heterocycles. The van der Waals surface area contributed by atoms with Crippen molar-refractivity contribution in [2.75, 3.05) is 13.1 Å². The van der Waals surface area contributed by atoms with E-state index < -0.39 is 0 Å².